The molecule has 0 atom stereocenters. The maximum atomic E-state index is 11.2. The number of carbonyl (C=O) groups is 1. The standard InChI is InChI=1S/C10H16N2O/c1-5-9(11-4)7-8(3)10(13)12-6-2/h7H,3-6H2,1-2H3,(H,12,13)/b9-7-. The monoisotopic (exact) mass is 180 g/mol. The first-order chi connectivity index (χ1) is 6.15. The summed E-state index contributed by atoms with van der Waals surface area (Å²) >= 11 is 0. The van der Waals surface area contributed by atoms with Gasteiger partial charge >= 0.3 is 0 Å². The summed E-state index contributed by atoms with van der Waals surface area (Å²) in [6, 6.07) is 0. The zero-order chi connectivity index (χ0) is 10.3. The highest BCUT2D eigenvalue weighted by Gasteiger charge is 2.02. The molecule has 0 aromatic carbocycles. The minimum absolute atomic E-state index is 0.155. The van der Waals surface area contributed by atoms with Gasteiger partial charge in [-0.1, -0.05) is 13.5 Å². The van der Waals surface area contributed by atoms with Crippen molar-refractivity contribution < 1.29 is 4.79 Å². The summed E-state index contributed by atoms with van der Waals surface area (Å²) in [7, 11) is 0. The highest BCUT2D eigenvalue weighted by atomic mass is 16.1. The van der Waals surface area contributed by atoms with Crippen LogP contribution in [-0.2, 0) is 4.79 Å². The second kappa shape index (κ2) is 6.17. The van der Waals surface area contributed by atoms with E-state index >= 15 is 0 Å². The predicted octanol–water partition coefficient (Wildman–Crippen LogP) is 1.67. The molecule has 13 heavy (non-hydrogen) atoms. The fraction of sp³-hybridized carbons (Fsp3) is 0.400. The summed E-state index contributed by atoms with van der Waals surface area (Å²) < 4.78 is 0. The minimum Gasteiger partial charge on any atom is -0.352 e. The number of rotatable bonds is 5. The van der Waals surface area contributed by atoms with Crippen LogP contribution in [0.2, 0.25) is 0 Å². The third-order valence-electron chi connectivity index (χ3n) is 1.54. The number of hydrogen-bond acceptors (Lipinski definition) is 2. The van der Waals surface area contributed by atoms with Gasteiger partial charge in [0.25, 0.3) is 5.91 Å². The first kappa shape index (κ1) is 11.6. The number of carbonyl (C=O) groups excluding carboxylic acids is 1. The van der Waals surface area contributed by atoms with Gasteiger partial charge < -0.3 is 5.32 Å². The molecule has 0 spiro atoms. The third kappa shape index (κ3) is 4.25. The van der Waals surface area contributed by atoms with Crippen molar-refractivity contribution in [2.45, 2.75) is 20.3 Å². The van der Waals surface area contributed by atoms with E-state index < -0.39 is 0 Å². The van der Waals surface area contributed by atoms with Gasteiger partial charge in [-0.05, 0) is 26.1 Å². The smallest absolute Gasteiger partial charge is 0.250 e. The lowest BCUT2D eigenvalue weighted by molar-refractivity contribution is -0.117. The van der Waals surface area contributed by atoms with Crippen LogP contribution in [0.4, 0.5) is 0 Å². The Balaban J connectivity index is 4.34. The Hall–Kier alpha value is -1.38. The van der Waals surface area contributed by atoms with Crippen LogP contribution in [-0.4, -0.2) is 19.2 Å². The fourth-order valence-electron chi connectivity index (χ4n) is 0.800. The summed E-state index contributed by atoms with van der Waals surface area (Å²) in [6.45, 7) is 11.5. The van der Waals surface area contributed by atoms with Crippen LogP contribution in [0.1, 0.15) is 20.3 Å². The average molecular weight is 180 g/mol. The predicted molar refractivity (Wildman–Crippen MR) is 55.7 cm³/mol. The largest absolute Gasteiger partial charge is 0.352 e. The minimum atomic E-state index is -0.155. The van der Waals surface area contributed by atoms with E-state index in [1.165, 1.54) is 0 Å². The molecule has 3 heteroatoms. The number of hydrogen-bond donors (Lipinski definition) is 1. The fourth-order valence-corrected chi connectivity index (χ4v) is 0.800. The van der Waals surface area contributed by atoms with Crippen LogP contribution in [0.15, 0.2) is 28.9 Å². The van der Waals surface area contributed by atoms with Crippen molar-refractivity contribution in [3.05, 3.63) is 23.9 Å². The average Bonchev–Trinajstić information content (AvgIpc) is 2.14. The van der Waals surface area contributed by atoms with Gasteiger partial charge in [-0.15, -0.1) is 0 Å². The van der Waals surface area contributed by atoms with E-state index in [4.69, 9.17) is 0 Å². The molecule has 0 rings (SSSR count). The number of allylic oxidation sites excluding steroid dienone is 1. The molecule has 0 heterocycles. The van der Waals surface area contributed by atoms with Crippen LogP contribution in [0.3, 0.4) is 0 Å². The number of nitrogens with one attached hydrogen (secondary N) is 1. The van der Waals surface area contributed by atoms with Crippen molar-refractivity contribution in [1.29, 1.82) is 0 Å². The van der Waals surface area contributed by atoms with Crippen LogP contribution >= 0.6 is 0 Å². The molecule has 72 valence electrons. The first-order valence-electron chi connectivity index (χ1n) is 4.30. The highest BCUT2D eigenvalue weighted by Crippen LogP contribution is 2.05. The summed E-state index contributed by atoms with van der Waals surface area (Å²) in [4.78, 5) is 15.0. The van der Waals surface area contributed by atoms with Crippen LogP contribution < -0.4 is 5.32 Å². The van der Waals surface area contributed by atoms with Crippen molar-refractivity contribution in [3.63, 3.8) is 0 Å². The summed E-state index contributed by atoms with van der Waals surface area (Å²) in [5, 5.41) is 2.65. The van der Waals surface area contributed by atoms with Gasteiger partial charge in [0.05, 0.1) is 0 Å². The molecule has 3 nitrogen and oxygen atoms in total. The molecule has 1 amide bonds. The molecule has 0 aromatic heterocycles. The molecular weight excluding hydrogens is 164 g/mol. The highest BCUT2D eigenvalue weighted by molar-refractivity contribution is 5.95. The Kier molecular flexibility index (Phi) is 5.52. The summed E-state index contributed by atoms with van der Waals surface area (Å²) in [5.41, 5.74) is 1.20. The van der Waals surface area contributed by atoms with Crippen molar-refractivity contribution in [2.24, 2.45) is 4.99 Å². The van der Waals surface area contributed by atoms with Gasteiger partial charge in [-0.2, -0.15) is 0 Å². The topological polar surface area (TPSA) is 41.5 Å². The second-order valence-electron chi connectivity index (χ2n) is 2.53. The molecular formula is C10H16N2O. The van der Waals surface area contributed by atoms with E-state index in [1.54, 1.807) is 6.08 Å². The quantitative estimate of drug-likeness (QED) is 0.390. The maximum absolute atomic E-state index is 11.2. The van der Waals surface area contributed by atoms with E-state index in [0.29, 0.717) is 12.1 Å². The summed E-state index contributed by atoms with van der Waals surface area (Å²) in [5.74, 6) is -0.155. The molecule has 0 aliphatic rings. The van der Waals surface area contributed by atoms with Crippen molar-refractivity contribution in [3.8, 4) is 0 Å². The van der Waals surface area contributed by atoms with E-state index in [9.17, 15) is 4.79 Å². The molecule has 0 saturated heterocycles. The Bertz CT molecular complexity index is 241. The normalized spacial score (nSPS) is 10.8. The SMILES string of the molecule is C=N/C(=C\C(=C)C(=O)NCC)CC. The molecule has 1 N–H and O–H groups in total. The third-order valence-corrected chi connectivity index (χ3v) is 1.54. The van der Waals surface area contributed by atoms with Crippen molar-refractivity contribution >= 4 is 12.6 Å². The number of amides is 1. The first-order valence-corrected chi connectivity index (χ1v) is 4.30. The molecule has 0 fully saturated rings. The Morgan fingerprint density at radius 3 is 2.54 bits per heavy atom. The molecule has 0 aliphatic heterocycles. The molecule has 0 aliphatic carbocycles. The molecule has 0 unspecified atom stereocenters. The van der Waals surface area contributed by atoms with E-state index in [1.807, 2.05) is 13.8 Å². The zero-order valence-corrected chi connectivity index (χ0v) is 8.26. The lowest BCUT2D eigenvalue weighted by atomic mass is 10.2. The van der Waals surface area contributed by atoms with E-state index in [0.717, 1.165) is 12.1 Å². The Labute approximate surface area is 79.3 Å². The zero-order valence-electron chi connectivity index (χ0n) is 8.26. The molecule has 0 saturated carbocycles. The Morgan fingerprint density at radius 1 is 1.54 bits per heavy atom. The van der Waals surface area contributed by atoms with Crippen molar-refractivity contribution in [2.75, 3.05) is 6.54 Å². The van der Waals surface area contributed by atoms with Gasteiger partial charge in [0.2, 0.25) is 0 Å². The van der Waals surface area contributed by atoms with Crippen LogP contribution in [0, 0.1) is 0 Å². The molecule has 0 aromatic rings. The summed E-state index contributed by atoms with van der Waals surface area (Å²) in [6.07, 6.45) is 2.40. The maximum Gasteiger partial charge on any atom is 0.250 e. The molecule has 0 bridgehead atoms. The number of aliphatic imine (C=N–C) groups is 1. The van der Waals surface area contributed by atoms with Crippen LogP contribution in [0.25, 0.3) is 0 Å². The van der Waals surface area contributed by atoms with Gasteiger partial charge in [-0.3, -0.25) is 9.79 Å². The number of likely N-dealkylation sites (N-methyl/N-ethyl adjacent to an activating group) is 1. The number of nitrogens with zero attached hydrogens (tertiary/aromatic N) is 1. The second-order valence-corrected chi connectivity index (χ2v) is 2.53. The van der Waals surface area contributed by atoms with Gasteiger partial charge in [0.1, 0.15) is 0 Å². The van der Waals surface area contributed by atoms with Gasteiger partial charge in [-0.25, -0.2) is 0 Å². The van der Waals surface area contributed by atoms with E-state index in [2.05, 4.69) is 23.6 Å². The van der Waals surface area contributed by atoms with Crippen LogP contribution in [0.5, 0.6) is 0 Å². The van der Waals surface area contributed by atoms with E-state index in [-0.39, 0.29) is 5.91 Å². The van der Waals surface area contributed by atoms with Gasteiger partial charge in [0.15, 0.2) is 0 Å². The molecule has 0 radical (unpaired) electrons. The lowest BCUT2D eigenvalue weighted by Gasteiger charge is -2.01. The van der Waals surface area contributed by atoms with Crippen molar-refractivity contribution in [1.82, 2.24) is 5.32 Å². The van der Waals surface area contributed by atoms with Gasteiger partial charge in [0, 0.05) is 17.8 Å². The Morgan fingerprint density at radius 2 is 2.15 bits per heavy atom. The lowest BCUT2D eigenvalue weighted by Crippen LogP contribution is -2.23.